The van der Waals surface area contributed by atoms with E-state index in [2.05, 4.69) is 20.9 Å². The predicted molar refractivity (Wildman–Crippen MR) is 110 cm³/mol. The number of carbonyl (C=O) groups is 2. The Morgan fingerprint density at radius 3 is 2.31 bits per heavy atom. The number of nitrogen functional groups attached to an aromatic ring is 1. The third-order valence-electron chi connectivity index (χ3n) is 4.04. The third-order valence-corrected chi connectivity index (χ3v) is 4.04. The van der Waals surface area contributed by atoms with Crippen LogP contribution in [0.25, 0.3) is 0 Å². The molecule has 0 aliphatic carbocycles. The van der Waals surface area contributed by atoms with Gasteiger partial charge in [0.1, 0.15) is 12.3 Å². The second-order valence-electron chi connectivity index (χ2n) is 6.31. The molecule has 0 radical (unpaired) electrons. The van der Waals surface area contributed by atoms with Crippen LogP contribution in [-0.2, 0) is 11.3 Å². The average molecular weight is 394 g/mol. The van der Waals surface area contributed by atoms with E-state index in [1.165, 1.54) is 4.68 Å². The van der Waals surface area contributed by atoms with Crippen LogP contribution in [0.1, 0.15) is 23.0 Å². The maximum atomic E-state index is 12.4. The Labute approximate surface area is 167 Å². The van der Waals surface area contributed by atoms with Gasteiger partial charge in [-0.05, 0) is 50.2 Å². The summed E-state index contributed by atoms with van der Waals surface area (Å²) < 4.78 is 6.54. The molecule has 1 aromatic heterocycles. The summed E-state index contributed by atoms with van der Waals surface area (Å²) in [5.41, 5.74) is 8.21. The number of benzene rings is 2. The van der Waals surface area contributed by atoms with Crippen LogP contribution in [0.4, 0.5) is 17.2 Å². The highest BCUT2D eigenvalue weighted by molar-refractivity contribution is 6.05. The highest BCUT2D eigenvalue weighted by Crippen LogP contribution is 2.16. The summed E-state index contributed by atoms with van der Waals surface area (Å²) in [6, 6.07) is 14.3. The molecular weight excluding hydrogens is 372 g/mol. The van der Waals surface area contributed by atoms with E-state index in [-0.39, 0.29) is 24.0 Å². The second kappa shape index (κ2) is 8.87. The summed E-state index contributed by atoms with van der Waals surface area (Å²) in [6.07, 6.45) is 0. The number of amides is 2. The molecule has 0 unspecified atom stereocenters. The van der Waals surface area contributed by atoms with Crippen molar-refractivity contribution in [3.8, 4) is 5.75 Å². The maximum Gasteiger partial charge on any atom is 0.280 e. The van der Waals surface area contributed by atoms with Gasteiger partial charge in [0.25, 0.3) is 5.91 Å². The first kappa shape index (κ1) is 19.9. The molecule has 29 heavy (non-hydrogen) atoms. The number of anilines is 3. The molecule has 2 aromatic carbocycles. The number of aryl methyl sites for hydroxylation is 1. The lowest BCUT2D eigenvalue weighted by Crippen LogP contribution is -2.21. The van der Waals surface area contributed by atoms with Gasteiger partial charge in [-0.15, -0.1) is 5.10 Å². The van der Waals surface area contributed by atoms with Crippen molar-refractivity contribution >= 4 is 29.0 Å². The molecule has 1 heterocycles. The van der Waals surface area contributed by atoms with Crippen molar-refractivity contribution in [1.82, 2.24) is 15.0 Å². The number of nitrogens with one attached hydrogen (secondary N) is 2. The van der Waals surface area contributed by atoms with Gasteiger partial charge < -0.3 is 21.1 Å². The summed E-state index contributed by atoms with van der Waals surface area (Å²) in [6.45, 7) is 4.24. The number of nitrogens with two attached hydrogens (primary N) is 1. The van der Waals surface area contributed by atoms with Crippen LogP contribution in [0.5, 0.6) is 5.75 Å². The molecule has 0 bridgehead atoms. The molecule has 0 spiro atoms. The van der Waals surface area contributed by atoms with Gasteiger partial charge in [0, 0.05) is 11.4 Å². The molecule has 3 aromatic rings. The Kier molecular flexibility index (Phi) is 6.08. The van der Waals surface area contributed by atoms with Crippen molar-refractivity contribution in [2.75, 3.05) is 23.0 Å². The van der Waals surface area contributed by atoms with Gasteiger partial charge in [-0.2, -0.15) is 0 Å². The van der Waals surface area contributed by atoms with Crippen LogP contribution < -0.4 is 21.1 Å². The van der Waals surface area contributed by atoms with Crippen LogP contribution in [0.15, 0.2) is 48.5 Å². The highest BCUT2D eigenvalue weighted by atomic mass is 16.5. The van der Waals surface area contributed by atoms with E-state index in [4.69, 9.17) is 10.5 Å². The minimum Gasteiger partial charge on any atom is -0.494 e. The van der Waals surface area contributed by atoms with E-state index in [0.29, 0.717) is 18.0 Å². The van der Waals surface area contributed by atoms with Crippen molar-refractivity contribution < 1.29 is 14.3 Å². The minimum atomic E-state index is -0.496. The van der Waals surface area contributed by atoms with Crippen molar-refractivity contribution in [3.05, 3.63) is 59.8 Å². The van der Waals surface area contributed by atoms with Gasteiger partial charge >= 0.3 is 0 Å². The van der Waals surface area contributed by atoms with Gasteiger partial charge in [-0.25, -0.2) is 4.68 Å². The molecule has 0 atom stereocenters. The first-order valence-electron chi connectivity index (χ1n) is 9.06. The second-order valence-corrected chi connectivity index (χ2v) is 6.31. The van der Waals surface area contributed by atoms with E-state index in [0.717, 1.165) is 11.3 Å². The lowest BCUT2D eigenvalue weighted by atomic mass is 10.2. The lowest BCUT2D eigenvalue weighted by molar-refractivity contribution is -0.116. The molecular formula is C20H22N6O3. The summed E-state index contributed by atoms with van der Waals surface area (Å²) >= 11 is 0. The molecule has 9 heteroatoms. The zero-order valence-electron chi connectivity index (χ0n) is 16.2. The van der Waals surface area contributed by atoms with Crippen LogP contribution in [0.3, 0.4) is 0 Å². The van der Waals surface area contributed by atoms with Crippen LogP contribution >= 0.6 is 0 Å². The number of aromatic nitrogens is 3. The Morgan fingerprint density at radius 2 is 1.66 bits per heavy atom. The molecule has 0 saturated heterocycles. The average Bonchev–Trinajstić information content (AvgIpc) is 3.06. The van der Waals surface area contributed by atoms with E-state index in [1.54, 1.807) is 36.4 Å². The van der Waals surface area contributed by atoms with Gasteiger partial charge in [-0.1, -0.05) is 22.9 Å². The molecule has 0 aliphatic heterocycles. The molecule has 9 nitrogen and oxygen atoms in total. The van der Waals surface area contributed by atoms with E-state index < -0.39 is 5.91 Å². The molecule has 150 valence electrons. The highest BCUT2D eigenvalue weighted by Gasteiger charge is 2.19. The maximum absolute atomic E-state index is 12.4. The summed E-state index contributed by atoms with van der Waals surface area (Å²) in [7, 11) is 0. The number of rotatable bonds is 7. The first-order chi connectivity index (χ1) is 14.0. The molecule has 4 N–H and O–H groups in total. The monoisotopic (exact) mass is 394 g/mol. The Balaban J connectivity index is 1.61. The van der Waals surface area contributed by atoms with Gasteiger partial charge in [-0.3, -0.25) is 9.59 Å². The zero-order valence-corrected chi connectivity index (χ0v) is 16.2. The first-order valence-corrected chi connectivity index (χ1v) is 9.06. The molecule has 0 saturated carbocycles. The van der Waals surface area contributed by atoms with Crippen LogP contribution in [-0.4, -0.2) is 33.4 Å². The van der Waals surface area contributed by atoms with Crippen molar-refractivity contribution in [1.29, 1.82) is 0 Å². The number of nitrogens with zero attached hydrogens (tertiary/aromatic N) is 3. The standard InChI is InChI=1S/C20H22N6O3/c1-3-29-16-10-8-14(9-11-16)22-17(27)12-26-19(21)18(24-25-26)20(28)23-15-6-4-13(2)5-7-15/h4-11H,3,12,21H2,1-2H3,(H,22,27)(H,23,28). The molecule has 0 aliphatic rings. The van der Waals surface area contributed by atoms with Crippen molar-refractivity contribution in [2.45, 2.75) is 20.4 Å². The topological polar surface area (TPSA) is 124 Å². The van der Waals surface area contributed by atoms with Gasteiger partial charge in [0.2, 0.25) is 5.91 Å². The Morgan fingerprint density at radius 1 is 1.03 bits per heavy atom. The van der Waals surface area contributed by atoms with E-state index in [9.17, 15) is 9.59 Å². The van der Waals surface area contributed by atoms with Crippen LogP contribution in [0, 0.1) is 6.92 Å². The number of hydrogen-bond acceptors (Lipinski definition) is 6. The Bertz CT molecular complexity index is 996. The van der Waals surface area contributed by atoms with Crippen molar-refractivity contribution in [2.24, 2.45) is 0 Å². The minimum absolute atomic E-state index is 0.0106. The summed E-state index contributed by atoms with van der Waals surface area (Å²) in [5.74, 6) is -0.118. The fourth-order valence-electron chi connectivity index (χ4n) is 2.56. The quantitative estimate of drug-likeness (QED) is 0.565. The Hall–Kier alpha value is -3.88. The number of ether oxygens (including phenoxy) is 1. The fourth-order valence-corrected chi connectivity index (χ4v) is 2.56. The molecule has 3 rings (SSSR count). The third kappa shape index (κ3) is 5.10. The summed E-state index contributed by atoms with van der Waals surface area (Å²) in [5, 5.41) is 13.0. The smallest absolute Gasteiger partial charge is 0.280 e. The fraction of sp³-hybridized carbons (Fsp3) is 0.200. The van der Waals surface area contributed by atoms with Crippen LogP contribution in [0.2, 0.25) is 0 Å². The number of carbonyl (C=O) groups excluding carboxylic acids is 2. The molecule has 0 fully saturated rings. The zero-order chi connectivity index (χ0) is 20.8. The van der Waals surface area contributed by atoms with E-state index in [1.807, 2.05) is 26.0 Å². The largest absolute Gasteiger partial charge is 0.494 e. The predicted octanol–water partition coefficient (Wildman–Crippen LogP) is 2.46. The van der Waals surface area contributed by atoms with Crippen molar-refractivity contribution in [3.63, 3.8) is 0 Å². The van der Waals surface area contributed by atoms with E-state index >= 15 is 0 Å². The number of hydrogen-bond donors (Lipinski definition) is 3. The van der Waals surface area contributed by atoms with Gasteiger partial charge in [0.05, 0.1) is 6.61 Å². The SMILES string of the molecule is CCOc1ccc(NC(=O)Cn2nnc(C(=O)Nc3ccc(C)cc3)c2N)cc1. The molecule has 2 amide bonds. The van der Waals surface area contributed by atoms with Gasteiger partial charge in [0.15, 0.2) is 11.5 Å². The normalized spacial score (nSPS) is 10.4. The summed E-state index contributed by atoms with van der Waals surface area (Å²) in [4.78, 5) is 24.6. The lowest BCUT2D eigenvalue weighted by Gasteiger charge is -2.08.